The summed E-state index contributed by atoms with van der Waals surface area (Å²) in [6.45, 7) is 4.19. The second-order valence-electron chi connectivity index (χ2n) is 3.00. The summed E-state index contributed by atoms with van der Waals surface area (Å²) < 4.78 is 12.4. The number of hydrogen-bond donors (Lipinski definition) is 0. The van der Waals surface area contributed by atoms with Crippen molar-refractivity contribution < 1.29 is 4.39 Å². The van der Waals surface area contributed by atoms with Gasteiger partial charge in [-0.2, -0.15) is 0 Å². The summed E-state index contributed by atoms with van der Waals surface area (Å²) in [7, 11) is 0. The van der Waals surface area contributed by atoms with Gasteiger partial charge < -0.3 is 0 Å². The normalized spacial score (nSPS) is 37.5. The first-order valence-corrected chi connectivity index (χ1v) is 3.36. The predicted octanol–water partition coefficient (Wildman–Crippen LogP) is 2.39. The summed E-state index contributed by atoms with van der Waals surface area (Å²) in [5.41, 5.74) is 0. The van der Waals surface area contributed by atoms with Gasteiger partial charge in [0.1, 0.15) is 6.17 Å². The SMILES string of the molecule is CC(C)[C@H]1CC[C@H]1F. The first kappa shape index (κ1) is 6.06. The molecule has 1 rings (SSSR count). The lowest BCUT2D eigenvalue weighted by molar-refractivity contribution is 0.0749. The Morgan fingerprint density at radius 2 is 2.00 bits per heavy atom. The molecule has 0 heterocycles. The highest BCUT2D eigenvalue weighted by atomic mass is 19.1. The van der Waals surface area contributed by atoms with Gasteiger partial charge in [-0.15, -0.1) is 0 Å². The summed E-state index contributed by atoms with van der Waals surface area (Å²) in [5, 5.41) is 0. The molecule has 1 saturated carbocycles. The van der Waals surface area contributed by atoms with Gasteiger partial charge >= 0.3 is 0 Å². The molecule has 0 spiro atoms. The van der Waals surface area contributed by atoms with E-state index in [-0.39, 0.29) is 0 Å². The zero-order valence-electron chi connectivity index (χ0n) is 5.52. The van der Waals surface area contributed by atoms with Crippen molar-refractivity contribution in [3.8, 4) is 0 Å². The molecule has 0 aliphatic heterocycles. The lowest BCUT2D eigenvalue weighted by Crippen LogP contribution is -2.31. The predicted molar refractivity (Wildman–Crippen MR) is 32.5 cm³/mol. The lowest BCUT2D eigenvalue weighted by Gasteiger charge is -2.33. The van der Waals surface area contributed by atoms with Crippen LogP contribution in [0.25, 0.3) is 0 Å². The largest absolute Gasteiger partial charge is 0.247 e. The zero-order chi connectivity index (χ0) is 6.15. The molecule has 48 valence electrons. The van der Waals surface area contributed by atoms with Crippen LogP contribution in [0.2, 0.25) is 0 Å². The smallest absolute Gasteiger partial charge is 0.103 e. The Morgan fingerprint density at radius 1 is 1.38 bits per heavy atom. The van der Waals surface area contributed by atoms with Gasteiger partial charge in [0.15, 0.2) is 0 Å². The van der Waals surface area contributed by atoms with E-state index in [1.165, 1.54) is 0 Å². The fourth-order valence-corrected chi connectivity index (χ4v) is 1.24. The summed E-state index contributed by atoms with van der Waals surface area (Å²) in [5.74, 6) is 0.939. The highest BCUT2D eigenvalue weighted by molar-refractivity contribution is 4.82. The third kappa shape index (κ3) is 0.862. The molecule has 1 fully saturated rings. The topological polar surface area (TPSA) is 0 Å². The Morgan fingerprint density at radius 3 is 2.00 bits per heavy atom. The summed E-state index contributed by atoms with van der Waals surface area (Å²) in [6, 6.07) is 0. The molecule has 0 unspecified atom stereocenters. The molecule has 0 N–H and O–H groups in total. The number of hydrogen-bond acceptors (Lipinski definition) is 0. The summed E-state index contributed by atoms with van der Waals surface area (Å²) in [6.07, 6.45) is 1.44. The van der Waals surface area contributed by atoms with E-state index < -0.39 is 6.17 Å². The molecule has 1 heteroatoms. The Labute approximate surface area is 50.1 Å². The van der Waals surface area contributed by atoms with E-state index in [2.05, 4.69) is 13.8 Å². The lowest BCUT2D eigenvalue weighted by atomic mass is 9.76. The number of halogens is 1. The molecule has 8 heavy (non-hydrogen) atoms. The van der Waals surface area contributed by atoms with E-state index in [1.807, 2.05) is 0 Å². The van der Waals surface area contributed by atoms with Gasteiger partial charge in [-0.05, 0) is 24.7 Å². The quantitative estimate of drug-likeness (QED) is 0.493. The van der Waals surface area contributed by atoms with Gasteiger partial charge in [-0.25, -0.2) is 4.39 Å². The minimum absolute atomic E-state index is 0.384. The van der Waals surface area contributed by atoms with Gasteiger partial charge in [-0.1, -0.05) is 13.8 Å². The van der Waals surface area contributed by atoms with Crippen LogP contribution in [0.4, 0.5) is 4.39 Å². The van der Waals surface area contributed by atoms with E-state index in [0.717, 1.165) is 12.8 Å². The molecule has 1 aliphatic carbocycles. The number of rotatable bonds is 1. The van der Waals surface area contributed by atoms with Gasteiger partial charge in [-0.3, -0.25) is 0 Å². The molecule has 0 aromatic heterocycles. The second kappa shape index (κ2) is 2.04. The van der Waals surface area contributed by atoms with Crippen molar-refractivity contribution in [3.63, 3.8) is 0 Å². The fourth-order valence-electron chi connectivity index (χ4n) is 1.24. The minimum Gasteiger partial charge on any atom is -0.247 e. The minimum atomic E-state index is -0.477. The molecule has 0 bridgehead atoms. The molecule has 0 aromatic rings. The Hall–Kier alpha value is -0.0700. The Balaban J connectivity index is 2.26. The van der Waals surface area contributed by atoms with Crippen molar-refractivity contribution in [1.82, 2.24) is 0 Å². The highest BCUT2D eigenvalue weighted by Gasteiger charge is 2.32. The molecular formula is C7H13F. The fraction of sp³-hybridized carbons (Fsp3) is 1.00. The number of alkyl halides is 1. The maximum absolute atomic E-state index is 12.4. The van der Waals surface area contributed by atoms with Gasteiger partial charge in [0, 0.05) is 0 Å². The van der Waals surface area contributed by atoms with Crippen molar-refractivity contribution in [2.24, 2.45) is 11.8 Å². The first-order chi connectivity index (χ1) is 3.72. The van der Waals surface area contributed by atoms with E-state index >= 15 is 0 Å². The highest BCUT2D eigenvalue weighted by Crippen LogP contribution is 2.35. The molecule has 0 saturated heterocycles. The molecule has 1 aliphatic rings. The van der Waals surface area contributed by atoms with Crippen LogP contribution >= 0.6 is 0 Å². The van der Waals surface area contributed by atoms with Crippen LogP contribution in [0.1, 0.15) is 26.7 Å². The van der Waals surface area contributed by atoms with Crippen molar-refractivity contribution in [2.75, 3.05) is 0 Å². The van der Waals surface area contributed by atoms with Crippen molar-refractivity contribution in [3.05, 3.63) is 0 Å². The Bertz CT molecular complexity index is 73.7. The average molecular weight is 116 g/mol. The molecule has 0 amide bonds. The maximum atomic E-state index is 12.4. The first-order valence-electron chi connectivity index (χ1n) is 3.36. The van der Waals surface area contributed by atoms with Gasteiger partial charge in [0.05, 0.1) is 0 Å². The average Bonchev–Trinajstić information content (AvgIpc) is 1.61. The van der Waals surface area contributed by atoms with Crippen molar-refractivity contribution >= 4 is 0 Å². The second-order valence-corrected chi connectivity index (χ2v) is 3.00. The van der Waals surface area contributed by atoms with Gasteiger partial charge in [0.2, 0.25) is 0 Å². The van der Waals surface area contributed by atoms with Crippen LogP contribution in [0.3, 0.4) is 0 Å². The monoisotopic (exact) mass is 116 g/mol. The molecule has 0 radical (unpaired) electrons. The van der Waals surface area contributed by atoms with Crippen molar-refractivity contribution in [2.45, 2.75) is 32.9 Å². The molecule has 0 aromatic carbocycles. The van der Waals surface area contributed by atoms with Crippen LogP contribution in [0.15, 0.2) is 0 Å². The van der Waals surface area contributed by atoms with E-state index in [1.54, 1.807) is 0 Å². The van der Waals surface area contributed by atoms with Crippen LogP contribution < -0.4 is 0 Å². The van der Waals surface area contributed by atoms with Crippen molar-refractivity contribution in [1.29, 1.82) is 0 Å². The zero-order valence-corrected chi connectivity index (χ0v) is 5.52. The summed E-state index contributed by atoms with van der Waals surface area (Å²) >= 11 is 0. The molecule has 0 nitrogen and oxygen atoms in total. The molecule has 2 atom stereocenters. The molecular weight excluding hydrogens is 103 g/mol. The standard InChI is InChI=1S/C7H13F/c1-5(2)6-3-4-7(6)8/h5-7H,3-4H2,1-2H3/t6-,7-/m1/s1. The van der Waals surface area contributed by atoms with Crippen LogP contribution in [0.5, 0.6) is 0 Å². The van der Waals surface area contributed by atoms with E-state index in [4.69, 9.17) is 0 Å². The van der Waals surface area contributed by atoms with Crippen LogP contribution in [-0.4, -0.2) is 6.17 Å². The van der Waals surface area contributed by atoms with E-state index in [0.29, 0.717) is 11.8 Å². The van der Waals surface area contributed by atoms with Crippen LogP contribution in [-0.2, 0) is 0 Å². The Kier molecular flexibility index (Phi) is 1.54. The van der Waals surface area contributed by atoms with E-state index in [9.17, 15) is 4.39 Å². The van der Waals surface area contributed by atoms with Gasteiger partial charge in [0.25, 0.3) is 0 Å². The van der Waals surface area contributed by atoms with Crippen LogP contribution in [0, 0.1) is 11.8 Å². The third-order valence-electron chi connectivity index (χ3n) is 2.10. The third-order valence-corrected chi connectivity index (χ3v) is 2.10. The maximum Gasteiger partial charge on any atom is 0.103 e. The summed E-state index contributed by atoms with van der Waals surface area (Å²) in [4.78, 5) is 0.